The first kappa shape index (κ1) is 9.38. The molecule has 0 aromatic heterocycles. The maximum atomic E-state index is 11.0. The summed E-state index contributed by atoms with van der Waals surface area (Å²) in [5.74, 6) is 0. The summed E-state index contributed by atoms with van der Waals surface area (Å²) < 4.78 is 9.65. The summed E-state index contributed by atoms with van der Waals surface area (Å²) in [6.45, 7) is 3.99. The molecule has 1 aliphatic rings. The van der Waals surface area contributed by atoms with Gasteiger partial charge >= 0.3 is 6.09 Å². The molecule has 1 amide bonds. The molecule has 0 aliphatic carbocycles. The van der Waals surface area contributed by atoms with Crippen LogP contribution < -0.4 is 5.32 Å². The smallest absolute Gasteiger partial charge is 0.411 e. The minimum Gasteiger partial charge on any atom is -0.495 e. The van der Waals surface area contributed by atoms with Crippen LogP contribution in [-0.4, -0.2) is 19.3 Å². The number of nitrogens with one attached hydrogen (secondary N) is 1. The predicted octanol–water partition coefficient (Wildman–Crippen LogP) is 1.33. The van der Waals surface area contributed by atoms with Crippen molar-refractivity contribution in [2.45, 2.75) is 0 Å². The number of hydrogen-bond donors (Lipinski definition) is 1. The average Bonchev–Trinajstić information content (AvgIpc) is 2.16. The van der Waals surface area contributed by atoms with Gasteiger partial charge in [-0.05, 0) is 12.2 Å². The summed E-state index contributed by atoms with van der Waals surface area (Å²) in [4.78, 5) is 11.0. The van der Waals surface area contributed by atoms with Crippen LogP contribution in [0.5, 0.6) is 0 Å². The fourth-order valence-electron chi connectivity index (χ4n) is 0.777. The number of alkyl carbamates (subject to hydrolysis) is 1. The van der Waals surface area contributed by atoms with E-state index in [9.17, 15) is 4.79 Å². The lowest BCUT2D eigenvalue weighted by Crippen LogP contribution is -2.26. The van der Waals surface area contributed by atoms with Crippen molar-refractivity contribution in [2.75, 3.05) is 13.2 Å². The maximum Gasteiger partial charge on any atom is 0.411 e. The fourth-order valence-corrected chi connectivity index (χ4v) is 0.777. The molecule has 0 saturated carbocycles. The first-order valence-corrected chi connectivity index (χ1v) is 3.85. The molecular formula is C9H11NO3. The summed E-state index contributed by atoms with van der Waals surface area (Å²) >= 11 is 0. The number of carbonyl (C=O) groups is 1. The van der Waals surface area contributed by atoms with Gasteiger partial charge in [-0.15, -0.1) is 0 Å². The largest absolute Gasteiger partial charge is 0.495 e. The molecule has 0 saturated heterocycles. The fraction of sp³-hybridized carbons (Fsp3) is 0.222. The van der Waals surface area contributed by atoms with E-state index in [4.69, 9.17) is 9.47 Å². The van der Waals surface area contributed by atoms with Crippen molar-refractivity contribution in [1.29, 1.82) is 0 Å². The van der Waals surface area contributed by atoms with Crippen molar-refractivity contribution in [3.05, 3.63) is 36.8 Å². The summed E-state index contributed by atoms with van der Waals surface area (Å²) in [6, 6.07) is 0. The molecule has 0 aromatic carbocycles. The van der Waals surface area contributed by atoms with Gasteiger partial charge in [-0.1, -0.05) is 12.7 Å². The summed E-state index contributed by atoms with van der Waals surface area (Å²) in [5, 5.41) is 2.53. The van der Waals surface area contributed by atoms with E-state index in [2.05, 4.69) is 11.9 Å². The minimum atomic E-state index is -0.495. The second kappa shape index (κ2) is 5.03. The lowest BCUT2D eigenvalue weighted by molar-refractivity contribution is 0.158. The van der Waals surface area contributed by atoms with Crippen LogP contribution in [-0.2, 0) is 9.47 Å². The van der Waals surface area contributed by atoms with Crippen molar-refractivity contribution < 1.29 is 14.3 Å². The maximum absolute atomic E-state index is 11.0. The van der Waals surface area contributed by atoms with Crippen LogP contribution in [0.3, 0.4) is 0 Å². The lowest BCUT2D eigenvalue weighted by atomic mass is 10.4. The molecule has 1 N–H and O–H groups in total. The topological polar surface area (TPSA) is 47.6 Å². The van der Waals surface area contributed by atoms with E-state index in [-0.39, 0.29) is 6.61 Å². The van der Waals surface area contributed by atoms with Crippen LogP contribution in [0.4, 0.5) is 4.79 Å². The van der Waals surface area contributed by atoms with Crippen LogP contribution in [0.1, 0.15) is 0 Å². The number of allylic oxidation sites excluding steroid dienone is 2. The van der Waals surface area contributed by atoms with Gasteiger partial charge in [0.2, 0.25) is 0 Å². The zero-order chi connectivity index (χ0) is 9.52. The molecule has 1 heterocycles. The molecule has 1 rings (SSSR count). The second-order valence-electron chi connectivity index (χ2n) is 2.34. The average molecular weight is 181 g/mol. The number of ether oxygens (including phenoxy) is 2. The van der Waals surface area contributed by atoms with E-state index < -0.39 is 6.09 Å². The molecule has 0 spiro atoms. The third-order valence-electron chi connectivity index (χ3n) is 1.31. The monoisotopic (exact) mass is 181 g/mol. The van der Waals surface area contributed by atoms with E-state index in [1.54, 1.807) is 18.4 Å². The van der Waals surface area contributed by atoms with Crippen molar-refractivity contribution in [3.8, 4) is 0 Å². The predicted molar refractivity (Wildman–Crippen MR) is 47.9 cm³/mol. The Kier molecular flexibility index (Phi) is 3.63. The highest BCUT2D eigenvalue weighted by Crippen LogP contribution is 1.99. The molecule has 0 aromatic rings. The summed E-state index contributed by atoms with van der Waals surface area (Å²) in [5.41, 5.74) is 0.677. The Morgan fingerprint density at radius 2 is 2.69 bits per heavy atom. The SMILES string of the molecule is C=CCOC(=O)NC1=CC=COC1. The van der Waals surface area contributed by atoms with Crippen LogP contribution in [0.2, 0.25) is 0 Å². The van der Waals surface area contributed by atoms with E-state index >= 15 is 0 Å². The number of carbonyl (C=O) groups excluding carboxylic acids is 1. The van der Waals surface area contributed by atoms with E-state index in [0.717, 1.165) is 0 Å². The Hall–Kier alpha value is -1.71. The van der Waals surface area contributed by atoms with Gasteiger partial charge in [-0.3, -0.25) is 5.32 Å². The van der Waals surface area contributed by atoms with Gasteiger partial charge < -0.3 is 9.47 Å². The molecular weight excluding hydrogens is 170 g/mol. The molecule has 0 atom stereocenters. The Morgan fingerprint density at radius 3 is 3.31 bits per heavy atom. The van der Waals surface area contributed by atoms with Crippen molar-refractivity contribution >= 4 is 6.09 Å². The highest BCUT2D eigenvalue weighted by Gasteiger charge is 2.05. The molecule has 1 aliphatic heterocycles. The van der Waals surface area contributed by atoms with Gasteiger partial charge in [0.05, 0.1) is 12.0 Å². The number of rotatable bonds is 3. The highest BCUT2D eigenvalue weighted by molar-refractivity contribution is 5.69. The Morgan fingerprint density at radius 1 is 1.85 bits per heavy atom. The van der Waals surface area contributed by atoms with Crippen LogP contribution >= 0.6 is 0 Å². The molecule has 0 bridgehead atoms. The molecule has 13 heavy (non-hydrogen) atoms. The van der Waals surface area contributed by atoms with E-state index in [1.165, 1.54) is 6.08 Å². The van der Waals surface area contributed by atoms with Gasteiger partial charge in [0.1, 0.15) is 13.2 Å². The summed E-state index contributed by atoms with van der Waals surface area (Å²) in [7, 11) is 0. The third-order valence-corrected chi connectivity index (χ3v) is 1.31. The number of amides is 1. The van der Waals surface area contributed by atoms with E-state index in [1.807, 2.05) is 0 Å². The van der Waals surface area contributed by atoms with Crippen molar-refractivity contribution in [1.82, 2.24) is 5.32 Å². The van der Waals surface area contributed by atoms with Gasteiger partial charge in [0, 0.05) is 0 Å². The van der Waals surface area contributed by atoms with Crippen molar-refractivity contribution in [2.24, 2.45) is 0 Å². The quantitative estimate of drug-likeness (QED) is 0.668. The Balaban J connectivity index is 2.30. The van der Waals surface area contributed by atoms with Crippen LogP contribution in [0.15, 0.2) is 36.8 Å². The molecule has 4 nitrogen and oxygen atoms in total. The second-order valence-corrected chi connectivity index (χ2v) is 2.34. The minimum absolute atomic E-state index is 0.204. The molecule has 70 valence electrons. The molecule has 4 heteroatoms. The van der Waals surface area contributed by atoms with Gasteiger partial charge in [0.25, 0.3) is 0 Å². The number of hydrogen-bond acceptors (Lipinski definition) is 3. The van der Waals surface area contributed by atoms with Gasteiger partial charge in [0.15, 0.2) is 0 Å². The molecule has 0 radical (unpaired) electrons. The van der Waals surface area contributed by atoms with Gasteiger partial charge in [-0.2, -0.15) is 0 Å². The highest BCUT2D eigenvalue weighted by atomic mass is 16.5. The summed E-state index contributed by atoms with van der Waals surface area (Å²) in [6.07, 6.45) is 6.02. The van der Waals surface area contributed by atoms with Crippen LogP contribution in [0.25, 0.3) is 0 Å². The molecule has 0 unspecified atom stereocenters. The zero-order valence-corrected chi connectivity index (χ0v) is 7.16. The first-order valence-electron chi connectivity index (χ1n) is 3.85. The lowest BCUT2D eigenvalue weighted by Gasteiger charge is -2.11. The Labute approximate surface area is 76.5 Å². The third kappa shape index (κ3) is 3.46. The first-order chi connectivity index (χ1) is 6.33. The van der Waals surface area contributed by atoms with Crippen LogP contribution in [0, 0.1) is 0 Å². The zero-order valence-electron chi connectivity index (χ0n) is 7.16. The van der Waals surface area contributed by atoms with Gasteiger partial charge in [-0.25, -0.2) is 4.79 Å². The standard InChI is InChI=1S/C9H11NO3/c1-2-5-13-9(11)10-8-4-3-6-12-7-8/h2-4,6H,1,5,7H2,(H,10,11). The molecule has 0 fully saturated rings. The van der Waals surface area contributed by atoms with E-state index in [0.29, 0.717) is 12.3 Å². The normalized spacial score (nSPS) is 14.0. The Bertz CT molecular complexity index is 256. The van der Waals surface area contributed by atoms with Crippen molar-refractivity contribution in [3.63, 3.8) is 0 Å².